The molecule has 0 amide bonds. The van der Waals surface area contributed by atoms with Gasteiger partial charge in [0.05, 0.1) is 17.1 Å². The highest BCUT2D eigenvalue weighted by Gasteiger charge is 2.30. The van der Waals surface area contributed by atoms with Gasteiger partial charge in [-0.25, -0.2) is 0 Å². The maximum atomic E-state index is 6.79. The molecule has 217 valence electrons. The molecule has 0 saturated heterocycles. The summed E-state index contributed by atoms with van der Waals surface area (Å²) in [7, 11) is -1.31. The molecule has 4 nitrogen and oxygen atoms in total. The minimum atomic E-state index is -1.31. The fourth-order valence-electron chi connectivity index (χ4n) is 6.57. The van der Waals surface area contributed by atoms with E-state index < -0.39 is 8.80 Å². The van der Waals surface area contributed by atoms with E-state index in [9.17, 15) is 0 Å². The maximum absolute atomic E-state index is 6.79. The van der Waals surface area contributed by atoms with Crippen LogP contribution in [0.5, 0.6) is 11.5 Å². The molecule has 9 rings (SSSR count). The van der Waals surface area contributed by atoms with Gasteiger partial charge in [-0.15, -0.1) is 0 Å². The average Bonchev–Trinajstić information content (AvgIpc) is 3.56. The van der Waals surface area contributed by atoms with Crippen LogP contribution in [0.15, 0.2) is 168 Å². The monoisotopic (exact) mass is 607 g/mol. The molecular formula is C41H27N2O2Si. The van der Waals surface area contributed by atoms with Gasteiger partial charge in [0.15, 0.2) is 20.3 Å². The lowest BCUT2D eigenvalue weighted by atomic mass is 9.99. The van der Waals surface area contributed by atoms with E-state index in [1.54, 1.807) is 0 Å². The molecule has 3 heterocycles. The van der Waals surface area contributed by atoms with Crippen LogP contribution in [-0.4, -0.2) is 13.8 Å². The number of benzene rings is 6. The third-order valence-electron chi connectivity index (χ3n) is 8.63. The normalized spacial score (nSPS) is 12.2. The van der Waals surface area contributed by atoms with Crippen molar-refractivity contribution in [3.05, 3.63) is 164 Å². The molecule has 0 atom stereocenters. The molecular weight excluding hydrogens is 581 g/mol. The zero-order valence-corrected chi connectivity index (χ0v) is 25.8. The van der Waals surface area contributed by atoms with Crippen LogP contribution in [-0.2, 0) is 0 Å². The quantitative estimate of drug-likeness (QED) is 0.145. The van der Waals surface area contributed by atoms with Crippen molar-refractivity contribution in [2.75, 3.05) is 4.90 Å². The van der Waals surface area contributed by atoms with Crippen molar-refractivity contribution in [2.45, 2.75) is 0 Å². The minimum Gasteiger partial charge on any atom is -0.453 e. The molecule has 0 bridgehead atoms. The number of anilines is 3. The standard InChI is InChI=1S/C41H27N2O2Si/c1-3-14-29(15-4-1)46(30-16-5-2-6-17-30)40-23-12-22-37-33(40)27-41(45-37)43-35-20-7-8-21-38(35)44-39-25-28-13-11-18-31(32(28)26-36(39)43)34-19-9-10-24-42-34/h1-27H. The SMILES string of the molecule is c1ccc([Si](c2ccccc2)c2cccc3oc(N4c5ccccc5Oc5cc6cccc(-c7ccccn7)c6cc54)cc23)cc1. The number of ether oxygens (including phenoxy) is 1. The van der Waals surface area contributed by atoms with Gasteiger partial charge in [-0.05, 0) is 58.4 Å². The summed E-state index contributed by atoms with van der Waals surface area (Å²) < 4.78 is 13.3. The maximum Gasteiger partial charge on any atom is 0.206 e. The second kappa shape index (κ2) is 10.9. The van der Waals surface area contributed by atoms with E-state index in [2.05, 4.69) is 137 Å². The van der Waals surface area contributed by atoms with Gasteiger partial charge in [-0.2, -0.15) is 0 Å². The van der Waals surface area contributed by atoms with Crippen LogP contribution in [0.4, 0.5) is 17.3 Å². The van der Waals surface area contributed by atoms with Crippen LogP contribution in [0.1, 0.15) is 0 Å². The molecule has 0 unspecified atom stereocenters. The Morgan fingerprint density at radius 3 is 2.07 bits per heavy atom. The first-order valence-corrected chi connectivity index (χ1v) is 16.9. The van der Waals surface area contributed by atoms with Gasteiger partial charge in [0.25, 0.3) is 0 Å². The number of para-hydroxylation sites is 2. The van der Waals surface area contributed by atoms with Crippen molar-refractivity contribution in [2.24, 2.45) is 0 Å². The second-order valence-corrected chi connectivity index (χ2v) is 13.8. The van der Waals surface area contributed by atoms with Crippen molar-refractivity contribution >= 4 is 63.4 Å². The summed E-state index contributed by atoms with van der Waals surface area (Å²) in [6.45, 7) is 0. The Bertz CT molecular complexity index is 2320. The summed E-state index contributed by atoms with van der Waals surface area (Å²) in [5.74, 6) is 2.31. The number of hydrogen-bond donors (Lipinski definition) is 0. The Kier molecular flexibility index (Phi) is 6.28. The number of pyridine rings is 1. The molecule has 1 aliphatic heterocycles. The van der Waals surface area contributed by atoms with Crippen LogP contribution in [0.3, 0.4) is 0 Å². The lowest BCUT2D eigenvalue weighted by molar-refractivity contribution is 0.474. The molecule has 0 fully saturated rings. The van der Waals surface area contributed by atoms with Crippen LogP contribution < -0.4 is 25.2 Å². The highest BCUT2D eigenvalue weighted by atomic mass is 28.3. The summed E-state index contributed by atoms with van der Waals surface area (Å²) in [5, 5.41) is 7.29. The highest BCUT2D eigenvalue weighted by Crippen LogP contribution is 2.52. The van der Waals surface area contributed by atoms with Crippen molar-refractivity contribution in [3.63, 3.8) is 0 Å². The molecule has 0 spiro atoms. The molecule has 0 aliphatic carbocycles. The molecule has 6 aromatic carbocycles. The zero-order chi connectivity index (χ0) is 30.5. The van der Waals surface area contributed by atoms with Crippen LogP contribution in [0.25, 0.3) is 33.0 Å². The first kappa shape index (κ1) is 26.5. The summed E-state index contributed by atoms with van der Waals surface area (Å²) in [6.07, 6.45) is 1.84. The summed E-state index contributed by atoms with van der Waals surface area (Å²) in [4.78, 5) is 6.87. The number of aromatic nitrogens is 1. The highest BCUT2D eigenvalue weighted by molar-refractivity contribution is 6.96. The third-order valence-corrected chi connectivity index (χ3v) is 11.4. The third kappa shape index (κ3) is 4.40. The number of rotatable bonds is 5. The molecule has 1 radical (unpaired) electrons. The first-order valence-electron chi connectivity index (χ1n) is 15.4. The number of hydrogen-bond acceptors (Lipinski definition) is 4. The van der Waals surface area contributed by atoms with E-state index in [1.165, 1.54) is 15.6 Å². The van der Waals surface area contributed by atoms with E-state index in [4.69, 9.17) is 9.15 Å². The molecule has 5 heteroatoms. The number of furan rings is 1. The largest absolute Gasteiger partial charge is 0.453 e. The Morgan fingerprint density at radius 2 is 1.28 bits per heavy atom. The lowest BCUT2D eigenvalue weighted by Gasteiger charge is -2.31. The van der Waals surface area contributed by atoms with Gasteiger partial charge in [0.2, 0.25) is 5.88 Å². The van der Waals surface area contributed by atoms with Crippen LogP contribution in [0, 0.1) is 0 Å². The smallest absolute Gasteiger partial charge is 0.206 e. The predicted molar refractivity (Wildman–Crippen MR) is 189 cm³/mol. The van der Waals surface area contributed by atoms with E-state index in [0.717, 1.165) is 61.8 Å². The zero-order valence-electron chi connectivity index (χ0n) is 24.8. The van der Waals surface area contributed by atoms with Gasteiger partial charge >= 0.3 is 0 Å². The Morgan fingerprint density at radius 1 is 0.543 bits per heavy atom. The van der Waals surface area contributed by atoms with Crippen molar-refractivity contribution < 1.29 is 9.15 Å². The van der Waals surface area contributed by atoms with Crippen molar-refractivity contribution in [1.29, 1.82) is 0 Å². The topological polar surface area (TPSA) is 38.5 Å². The molecule has 1 aliphatic rings. The lowest BCUT2D eigenvalue weighted by Crippen LogP contribution is -2.52. The Labute approximate surface area is 268 Å². The van der Waals surface area contributed by atoms with E-state index >= 15 is 0 Å². The summed E-state index contributed by atoms with van der Waals surface area (Å²) in [6, 6.07) is 55.2. The van der Waals surface area contributed by atoms with Crippen molar-refractivity contribution in [1.82, 2.24) is 4.98 Å². The van der Waals surface area contributed by atoms with Crippen LogP contribution >= 0.6 is 0 Å². The number of fused-ring (bicyclic) bond motifs is 4. The molecule has 0 N–H and O–H groups in total. The minimum absolute atomic E-state index is 0.747. The average molecular weight is 608 g/mol. The molecule has 8 aromatic rings. The van der Waals surface area contributed by atoms with Gasteiger partial charge in [-0.3, -0.25) is 9.88 Å². The van der Waals surface area contributed by atoms with Gasteiger partial charge in [0, 0.05) is 23.2 Å². The fraction of sp³-hybridized carbons (Fsp3) is 0. The summed E-state index contributed by atoms with van der Waals surface area (Å²) in [5.41, 5.74) is 4.72. The Balaban J connectivity index is 1.26. The predicted octanol–water partition coefficient (Wildman–Crippen LogP) is 8.74. The molecule has 46 heavy (non-hydrogen) atoms. The van der Waals surface area contributed by atoms with Gasteiger partial charge in [0.1, 0.15) is 5.58 Å². The molecule has 2 aromatic heterocycles. The van der Waals surface area contributed by atoms with E-state index in [0.29, 0.717) is 0 Å². The first-order chi connectivity index (χ1) is 22.8. The fourth-order valence-corrected chi connectivity index (χ4v) is 9.31. The van der Waals surface area contributed by atoms with E-state index in [-0.39, 0.29) is 0 Å². The van der Waals surface area contributed by atoms with Gasteiger partial charge < -0.3 is 9.15 Å². The second-order valence-electron chi connectivity index (χ2n) is 11.4. The Hall–Kier alpha value is -5.91. The molecule has 0 saturated carbocycles. The summed E-state index contributed by atoms with van der Waals surface area (Å²) >= 11 is 0. The van der Waals surface area contributed by atoms with E-state index in [1.807, 2.05) is 36.5 Å². The van der Waals surface area contributed by atoms with Gasteiger partial charge in [-0.1, -0.05) is 120 Å². The van der Waals surface area contributed by atoms with Crippen LogP contribution in [0.2, 0.25) is 0 Å². The van der Waals surface area contributed by atoms with Crippen molar-refractivity contribution in [3.8, 4) is 22.8 Å². The number of nitrogens with zero attached hydrogens (tertiary/aromatic N) is 2.